The van der Waals surface area contributed by atoms with Crippen molar-refractivity contribution in [1.82, 2.24) is 4.98 Å². The fourth-order valence-corrected chi connectivity index (χ4v) is 1.12. The Morgan fingerprint density at radius 2 is 2.44 bits per heavy atom. The van der Waals surface area contributed by atoms with Crippen LogP contribution in [0.25, 0.3) is 0 Å². The molecule has 0 fully saturated rings. The van der Waals surface area contributed by atoms with Gasteiger partial charge in [0, 0.05) is 19.9 Å². The van der Waals surface area contributed by atoms with Crippen LogP contribution in [0.2, 0.25) is 0 Å². The number of rotatable bonds is 6. The Hall–Kier alpha value is -1.66. The van der Waals surface area contributed by atoms with Crippen LogP contribution in [0.4, 0.5) is 5.82 Å². The highest BCUT2D eigenvalue weighted by molar-refractivity contribution is 5.92. The van der Waals surface area contributed by atoms with E-state index in [9.17, 15) is 9.90 Å². The third-order valence-corrected chi connectivity index (χ3v) is 1.93. The number of aromatic nitrogens is 1. The Kier molecular flexibility index (Phi) is 4.68. The number of methoxy groups -OCH3 is 1. The van der Waals surface area contributed by atoms with Crippen molar-refractivity contribution >= 4 is 11.7 Å². The van der Waals surface area contributed by atoms with Gasteiger partial charge in [-0.2, -0.15) is 0 Å². The summed E-state index contributed by atoms with van der Waals surface area (Å²) in [5.41, 5.74) is 5.42. The van der Waals surface area contributed by atoms with Crippen molar-refractivity contribution in [3.63, 3.8) is 0 Å². The number of hydrogen-bond donors (Lipinski definition) is 3. The molecule has 1 atom stereocenters. The Balaban J connectivity index is 2.46. The zero-order valence-electron chi connectivity index (χ0n) is 9.01. The van der Waals surface area contributed by atoms with Crippen LogP contribution < -0.4 is 11.1 Å². The fourth-order valence-electron chi connectivity index (χ4n) is 1.12. The molecule has 0 aliphatic rings. The summed E-state index contributed by atoms with van der Waals surface area (Å²) >= 11 is 0. The molecule has 16 heavy (non-hydrogen) atoms. The van der Waals surface area contributed by atoms with Crippen molar-refractivity contribution in [3.8, 4) is 0 Å². The van der Waals surface area contributed by atoms with Crippen LogP contribution >= 0.6 is 0 Å². The number of carbonyl (C=O) groups is 1. The maximum absolute atomic E-state index is 10.8. The minimum absolute atomic E-state index is 0.256. The Morgan fingerprint density at radius 1 is 1.69 bits per heavy atom. The molecular weight excluding hydrogens is 210 g/mol. The second kappa shape index (κ2) is 6.04. The second-order valence-corrected chi connectivity index (χ2v) is 3.29. The van der Waals surface area contributed by atoms with Gasteiger partial charge >= 0.3 is 0 Å². The first-order chi connectivity index (χ1) is 7.63. The first-order valence-corrected chi connectivity index (χ1v) is 4.80. The van der Waals surface area contributed by atoms with Gasteiger partial charge in [-0.05, 0) is 12.1 Å². The van der Waals surface area contributed by atoms with E-state index in [1.165, 1.54) is 13.3 Å². The van der Waals surface area contributed by atoms with Crippen molar-refractivity contribution < 1.29 is 14.6 Å². The lowest BCUT2D eigenvalue weighted by atomic mass is 10.2. The molecule has 0 spiro atoms. The highest BCUT2D eigenvalue weighted by Gasteiger charge is 2.04. The first-order valence-electron chi connectivity index (χ1n) is 4.80. The molecule has 4 N–H and O–H groups in total. The third kappa shape index (κ3) is 3.84. The number of ether oxygens (including phenoxy) is 1. The van der Waals surface area contributed by atoms with Gasteiger partial charge in [-0.3, -0.25) is 4.79 Å². The van der Waals surface area contributed by atoms with E-state index < -0.39 is 12.0 Å². The molecule has 1 unspecified atom stereocenters. The Morgan fingerprint density at radius 3 is 2.94 bits per heavy atom. The maximum Gasteiger partial charge on any atom is 0.250 e. The van der Waals surface area contributed by atoms with Crippen molar-refractivity contribution in [2.24, 2.45) is 5.73 Å². The quantitative estimate of drug-likeness (QED) is 0.612. The van der Waals surface area contributed by atoms with Gasteiger partial charge in [-0.1, -0.05) is 0 Å². The molecule has 0 aromatic carbocycles. The fraction of sp³-hybridized carbons (Fsp3) is 0.400. The number of primary amides is 1. The van der Waals surface area contributed by atoms with Gasteiger partial charge < -0.3 is 20.9 Å². The lowest BCUT2D eigenvalue weighted by molar-refractivity contribution is 0.0727. The summed E-state index contributed by atoms with van der Waals surface area (Å²) in [7, 11) is 1.52. The number of pyridine rings is 1. The number of aliphatic hydroxyl groups excluding tert-OH is 1. The van der Waals surface area contributed by atoms with Gasteiger partial charge in [0.2, 0.25) is 5.91 Å². The largest absolute Gasteiger partial charge is 0.389 e. The van der Waals surface area contributed by atoms with Crippen LogP contribution in [-0.2, 0) is 4.74 Å². The number of anilines is 1. The minimum atomic E-state index is -0.595. The monoisotopic (exact) mass is 225 g/mol. The SMILES string of the molecule is COCC(O)CNc1ccc(C(N)=O)cn1. The summed E-state index contributed by atoms with van der Waals surface area (Å²) in [5.74, 6) is 0.0543. The third-order valence-electron chi connectivity index (χ3n) is 1.93. The van der Waals surface area contributed by atoms with E-state index in [1.807, 2.05) is 0 Å². The van der Waals surface area contributed by atoms with Crippen molar-refractivity contribution in [2.45, 2.75) is 6.10 Å². The molecule has 0 aliphatic carbocycles. The smallest absolute Gasteiger partial charge is 0.250 e. The van der Waals surface area contributed by atoms with E-state index >= 15 is 0 Å². The van der Waals surface area contributed by atoms with E-state index in [-0.39, 0.29) is 6.61 Å². The van der Waals surface area contributed by atoms with Crippen LogP contribution in [0.15, 0.2) is 18.3 Å². The van der Waals surface area contributed by atoms with Gasteiger partial charge in [-0.15, -0.1) is 0 Å². The average Bonchev–Trinajstić information content (AvgIpc) is 2.27. The van der Waals surface area contributed by atoms with Gasteiger partial charge in [0.25, 0.3) is 0 Å². The summed E-state index contributed by atoms with van der Waals surface area (Å²) in [6, 6.07) is 3.19. The predicted molar refractivity (Wildman–Crippen MR) is 59.1 cm³/mol. The number of aliphatic hydroxyl groups is 1. The van der Waals surface area contributed by atoms with Crippen LogP contribution in [0, 0.1) is 0 Å². The van der Waals surface area contributed by atoms with E-state index in [1.54, 1.807) is 12.1 Å². The number of nitrogens with one attached hydrogen (secondary N) is 1. The van der Waals surface area contributed by atoms with E-state index in [0.29, 0.717) is 17.9 Å². The zero-order chi connectivity index (χ0) is 12.0. The average molecular weight is 225 g/mol. The van der Waals surface area contributed by atoms with Crippen molar-refractivity contribution in [1.29, 1.82) is 0 Å². The van der Waals surface area contributed by atoms with E-state index in [2.05, 4.69) is 10.3 Å². The van der Waals surface area contributed by atoms with Crippen molar-refractivity contribution in [3.05, 3.63) is 23.9 Å². The van der Waals surface area contributed by atoms with Gasteiger partial charge in [0.15, 0.2) is 0 Å². The van der Waals surface area contributed by atoms with E-state index in [0.717, 1.165) is 0 Å². The second-order valence-electron chi connectivity index (χ2n) is 3.29. The lowest BCUT2D eigenvalue weighted by Crippen LogP contribution is -2.24. The van der Waals surface area contributed by atoms with Crippen molar-refractivity contribution in [2.75, 3.05) is 25.6 Å². The molecule has 0 saturated carbocycles. The molecule has 1 amide bonds. The predicted octanol–water partition coefficient (Wildman–Crippen LogP) is -0.400. The number of nitrogens with zero attached hydrogens (tertiary/aromatic N) is 1. The Labute approximate surface area is 93.4 Å². The molecule has 1 aromatic heterocycles. The molecule has 1 heterocycles. The van der Waals surface area contributed by atoms with Crippen LogP contribution in [0.1, 0.15) is 10.4 Å². The molecule has 6 nitrogen and oxygen atoms in total. The highest BCUT2D eigenvalue weighted by atomic mass is 16.5. The number of amides is 1. The minimum Gasteiger partial charge on any atom is -0.389 e. The molecule has 1 aromatic rings. The lowest BCUT2D eigenvalue weighted by Gasteiger charge is -2.11. The topological polar surface area (TPSA) is 97.5 Å². The summed E-state index contributed by atoms with van der Waals surface area (Å²) in [4.78, 5) is 14.7. The molecule has 88 valence electrons. The summed E-state index contributed by atoms with van der Waals surface area (Å²) in [5, 5.41) is 12.3. The number of carbonyl (C=O) groups excluding carboxylic acids is 1. The van der Waals surface area contributed by atoms with Crippen LogP contribution in [0.5, 0.6) is 0 Å². The summed E-state index contributed by atoms with van der Waals surface area (Å²) in [6.07, 6.45) is 0.788. The molecule has 0 aliphatic heterocycles. The zero-order valence-corrected chi connectivity index (χ0v) is 9.01. The first kappa shape index (κ1) is 12.4. The van der Waals surface area contributed by atoms with Gasteiger partial charge in [0.05, 0.1) is 18.3 Å². The van der Waals surface area contributed by atoms with Gasteiger partial charge in [0.1, 0.15) is 5.82 Å². The Bertz CT molecular complexity index is 340. The molecule has 0 saturated heterocycles. The van der Waals surface area contributed by atoms with E-state index in [4.69, 9.17) is 10.5 Å². The summed E-state index contributed by atoms with van der Waals surface area (Å²) in [6.45, 7) is 0.586. The molecule has 1 rings (SSSR count). The van der Waals surface area contributed by atoms with Gasteiger partial charge in [-0.25, -0.2) is 4.98 Å². The number of hydrogen-bond acceptors (Lipinski definition) is 5. The van der Waals surface area contributed by atoms with Crippen LogP contribution in [0.3, 0.4) is 0 Å². The summed E-state index contributed by atoms with van der Waals surface area (Å²) < 4.78 is 4.77. The molecule has 0 radical (unpaired) electrons. The standard InChI is InChI=1S/C10H15N3O3/c1-16-6-8(14)5-13-9-3-2-7(4-12-9)10(11)15/h2-4,8,14H,5-6H2,1H3,(H2,11,15)(H,12,13). The molecule has 0 bridgehead atoms. The number of nitrogens with two attached hydrogens (primary N) is 1. The highest BCUT2D eigenvalue weighted by Crippen LogP contribution is 2.04. The van der Waals surface area contributed by atoms with Crippen LogP contribution in [-0.4, -0.2) is 42.4 Å². The normalized spacial score (nSPS) is 12.1. The molecular formula is C10H15N3O3. The molecule has 6 heteroatoms. The maximum atomic E-state index is 10.8.